The number of nitrogens with two attached hydrogens (primary N) is 1. The first-order valence-electron chi connectivity index (χ1n) is 3.33. The lowest BCUT2D eigenvalue weighted by Gasteiger charge is -2.03. The smallest absolute Gasteiger partial charge is 0.365 e. The van der Waals surface area contributed by atoms with Gasteiger partial charge >= 0.3 is 6.18 Å². The van der Waals surface area contributed by atoms with Crippen LogP contribution in [-0.2, 0) is 0 Å². The molecule has 7 heteroatoms. The summed E-state index contributed by atoms with van der Waals surface area (Å²) < 4.78 is 35.9. The van der Waals surface area contributed by atoms with Crippen LogP contribution in [0.15, 0.2) is 11.4 Å². The normalized spacial score (nSPS) is 11.4. The molecule has 0 spiro atoms. The van der Waals surface area contributed by atoms with Crippen LogP contribution >= 0.6 is 11.3 Å². The molecule has 0 aliphatic carbocycles. The van der Waals surface area contributed by atoms with E-state index < -0.39 is 23.4 Å². The maximum Gasteiger partial charge on any atom is 0.454 e. The summed E-state index contributed by atoms with van der Waals surface area (Å²) in [4.78, 5) is 21.0. The van der Waals surface area contributed by atoms with E-state index in [9.17, 15) is 22.8 Å². The molecule has 0 bridgehead atoms. The van der Waals surface area contributed by atoms with Gasteiger partial charge in [-0.1, -0.05) is 0 Å². The van der Waals surface area contributed by atoms with Crippen LogP contribution in [0.5, 0.6) is 0 Å². The standard InChI is InChI=1S/C7H4F3NO2S/c8-7(9,10)5(12)3-1-2-14-4(3)6(11)13/h1-2H,(H2,11,13). The average molecular weight is 223 g/mol. The van der Waals surface area contributed by atoms with E-state index in [4.69, 9.17) is 5.73 Å². The fourth-order valence-corrected chi connectivity index (χ4v) is 1.58. The van der Waals surface area contributed by atoms with Gasteiger partial charge in [-0.2, -0.15) is 13.2 Å². The van der Waals surface area contributed by atoms with Crippen molar-refractivity contribution >= 4 is 23.0 Å². The Balaban J connectivity index is 3.14. The summed E-state index contributed by atoms with van der Waals surface area (Å²) in [5, 5.41) is 1.21. The van der Waals surface area contributed by atoms with Gasteiger partial charge in [0, 0.05) is 0 Å². The Morgan fingerprint density at radius 3 is 2.36 bits per heavy atom. The van der Waals surface area contributed by atoms with Crippen LogP contribution in [0.2, 0.25) is 0 Å². The van der Waals surface area contributed by atoms with E-state index in [-0.39, 0.29) is 4.88 Å². The second-order valence-corrected chi connectivity index (χ2v) is 3.27. The number of primary amides is 1. The van der Waals surface area contributed by atoms with Gasteiger partial charge in [0.15, 0.2) is 0 Å². The summed E-state index contributed by atoms with van der Waals surface area (Å²) in [6, 6.07) is 0.931. The molecule has 1 heterocycles. The van der Waals surface area contributed by atoms with Crippen molar-refractivity contribution < 1.29 is 22.8 Å². The minimum Gasteiger partial charge on any atom is -0.365 e. The highest BCUT2D eigenvalue weighted by Gasteiger charge is 2.41. The van der Waals surface area contributed by atoms with Crippen LogP contribution in [0, 0.1) is 0 Å². The number of amides is 1. The quantitative estimate of drug-likeness (QED) is 0.774. The number of hydrogen-bond acceptors (Lipinski definition) is 3. The van der Waals surface area contributed by atoms with Gasteiger partial charge in [-0.05, 0) is 11.4 Å². The van der Waals surface area contributed by atoms with Crippen molar-refractivity contribution in [1.29, 1.82) is 0 Å². The number of thiophene rings is 1. The third kappa shape index (κ3) is 1.92. The molecule has 0 aromatic carbocycles. The maximum absolute atomic E-state index is 12.0. The van der Waals surface area contributed by atoms with Crippen LogP contribution in [-0.4, -0.2) is 17.9 Å². The minimum atomic E-state index is -4.98. The number of carbonyl (C=O) groups excluding carboxylic acids is 2. The molecule has 1 aromatic heterocycles. The first kappa shape index (κ1) is 10.7. The molecule has 0 aliphatic rings. The number of carbonyl (C=O) groups is 2. The van der Waals surface area contributed by atoms with E-state index in [1.165, 1.54) is 5.38 Å². The lowest BCUT2D eigenvalue weighted by Crippen LogP contribution is -2.25. The van der Waals surface area contributed by atoms with E-state index in [2.05, 4.69) is 0 Å². The van der Waals surface area contributed by atoms with Gasteiger partial charge in [0.1, 0.15) is 4.88 Å². The molecule has 14 heavy (non-hydrogen) atoms. The summed E-state index contributed by atoms with van der Waals surface area (Å²) >= 11 is 0.707. The summed E-state index contributed by atoms with van der Waals surface area (Å²) in [6.45, 7) is 0. The molecular weight excluding hydrogens is 219 g/mol. The lowest BCUT2D eigenvalue weighted by molar-refractivity contribution is -0.0885. The number of hydrogen-bond donors (Lipinski definition) is 1. The second-order valence-electron chi connectivity index (χ2n) is 2.35. The highest BCUT2D eigenvalue weighted by Crippen LogP contribution is 2.26. The van der Waals surface area contributed by atoms with Crippen molar-refractivity contribution in [3.8, 4) is 0 Å². The molecule has 76 valence electrons. The van der Waals surface area contributed by atoms with Crippen LogP contribution in [0.3, 0.4) is 0 Å². The summed E-state index contributed by atoms with van der Waals surface area (Å²) in [5.41, 5.74) is 4.11. The van der Waals surface area contributed by atoms with Crippen LogP contribution in [0.25, 0.3) is 0 Å². The molecule has 0 unspecified atom stereocenters. The molecule has 0 atom stereocenters. The van der Waals surface area contributed by atoms with E-state index in [0.717, 1.165) is 6.07 Å². The summed E-state index contributed by atoms with van der Waals surface area (Å²) in [6.07, 6.45) is -4.98. The van der Waals surface area contributed by atoms with E-state index >= 15 is 0 Å². The lowest BCUT2D eigenvalue weighted by atomic mass is 10.1. The largest absolute Gasteiger partial charge is 0.454 e. The predicted molar refractivity (Wildman–Crippen MR) is 43.2 cm³/mol. The molecule has 3 nitrogen and oxygen atoms in total. The Morgan fingerprint density at radius 2 is 1.93 bits per heavy atom. The average Bonchev–Trinajstić information content (AvgIpc) is 2.48. The molecule has 1 amide bonds. The first-order chi connectivity index (χ1) is 6.34. The van der Waals surface area contributed by atoms with Gasteiger partial charge < -0.3 is 5.73 Å². The highest BCUT2D eigenvalue weighted by atomic mass is 32.1. The van der Waals surface area contributed by atoms with Crippen LogP contribution in [0.1, 0.15) is 20.0 Å². The topological polar surface area (TPSA) is 60.2 Å². The van der Waals surface area contributed by atoms with E-state index in [1.54, 1.807) is 0 Å². The molecule has 1 rings (SSSR count). The third-order valence-electron chi connectivity index (χ3n) is 1.39. The molecular formula is C7H4F3NO2S. The third-order valence-corrected chi connectivity index (χ3v) is 2.32. The monoisotopic (exact) mass is 223 g/mol. The van der Waals surface area contributed by atoms with Crippen molar-refractivity contribution in [2.45, 2.75) is 6.18 Å². The van der Waals surface area contributed by atoms with Crippen LogP contribution in [0.4, 0.5) is 13.2 Å². The zero-order valence-corrected chi connectivity index (χ0v) is 7.41. The Hall–Kier alpha value is -1.37. The second kappa shape index (κ2) is 3.41. The van der Waals surface area contributed by atoms with E-state index in [0.29, 0.717) is 11.3 Å². The summed E-state index contributed by atoms with van der Waals surface area (Å²) in [5.74, 6) is -3.08. The van der Waals surface area contributed by atoms with Gasteiger partial charge in [-0.15, -0.1) is 11.3 Å². The van der Waals surface area contributed by atoms with Gasteiger partial charge in [0.05, 0.1) is 5.56 Å². The fourth-order valence-electron chi connectivity index (χ4n) is 0.832. The van der Waals surface area contributed by atoms with Gasteiger partial charge in [-0.25, -0.2) is 0 Å². The van der Waals surface area contributed by atoms with E-state index in [1.807, 2.05) is 0 Å². The maximum atomic E-state index is 12.0. The van der Waals surface area contributed by atoms with Gasteiger partial charge in [0.2, 0.25) is 0 Å². The highest BCUT2D eigenvalue weighted by molar-refractivity contribution is 7.12. The predicted octanol–water partition coefficient (Wildman–Crippen LogP) is 1.59. The Kier molecular flexibility index (Phi) is 2.61. The number of ketones is 1. The Morgan fingerprint density at radius 1 is 1.36 bits per heavy atom. The zero-order chi connectivity index (χ0) is 10.9. The Labute approximate surface area is 80.3 Å². The minimum absolute atomic E-state index is 0.368. The molecule has 0 saturated carbocycles. The van der Waals surface area contributed by atoms with Gasteiger partial charge in [-0.3, -0.25) is 9.59 Å². The van der Waals surface area contributed by atoms with Crippen molar-refractivity contribution in [3.63, 3.8) is 0 Å². The molecule has 0 saturated heterocycles. The number of rotatable bonds is 2. The molecule has 0 fully saturated rings. The van der Waals surface area contributed by atoms with Crippen molar-refractivity contribution in [2.24, 2.45) is 5.73 Å². The van der Waals surface area contributed by atoms with Crippen molar-refractivity contribution in [2.75, 3.05) is 0 Å². The first-order valence-corrected chi connectivity index (χ1v) is 4.21. The fraction of sp³-hybridized carbons (Fsp3) is 0.143. The summed E-state index contributed by atoms with van der Waals surface area (Å²) in [7, 11) is 0. The van der Waals surface area contributed by atoms with Crippen molar-refractivity contribution in [1.82, 2.24) is 0 Å². The molecule has 1 aromatic rings. The molecule has 2 N–H and O–H groups in total. The SMILES string of the molecule is NC(=O)c1sccc1C(=O)C(F)(F)F. The number of alkyl halides is 3. The van der Waals surface area contributed by atoms with Crippen LogP contribution < -0.4 is 5.73 Å². The Bertz CT molecular complexity index is 383. The zero-order valence-electron chi connectivity index (χ0n) is 6.59. The molecule has 0 radical (unpaired) electrons. The molecule has 0 aliphatic heterocycles. The number of halogens is 3. The van der Waals surface area contributed by atoms with Crippen molar-refractivity contribution in [3.05, 3.63) is 21.9 Å². The number of Topliss-reactive ketones (excluding diaryl/α,β-unsaturated/α-hetero) is 1. The van der Waals surface area contributed by atoms with Gasteiger partial charge in [0.25, 0.3) is 11.7 Å².